The predicted molar refractivity (Wildman–Crippen MR) is 93.1 cm³/mol. The summed E-state index contributed by atoms with van der Waals surface area (Å²) in [6, 6.07) is 4.14. The van der Waals surface area contributed by atoms with Crippen LogP contribution in [0.2, 0.25) is 0 Å². The molecule has 2 bridgehead atoms. The molecule has 1 aromatic carbocycles. The first kappa shape index (κ1) is 15.4. The van der Waals surface area contributed by atoms with Crippen molar-refractivity contribution in [3.63, 3.8) is 0 Å². The van der Waals surface area contributed by atoms with Crippen molar-refractivity contribution >= 4 is 0 Å². The van der Waals surface area contributed by atoms with E-state index >= 15 is 0 Å². The van der Waals surface area contributed by atoms with Gasteiger partial charge in [-0.2, -0.15) is 0 Å². The smallest absolute Gasteiger partial charge is 0.123 e. The lowest BCUT2D eigenvalue weighted by molar-refractivity contribution is 0.0838. The second-order valence-corrected chi connectivity index (χ2v) is 9.54. The molecule has 2 nitrogen and oxygen atoms in total. The Balaban J connectivity index is 1.77. The zero-order valence-electron chi connectivity index (χ0n) is 15.2. The Morgan fingerprint density at radius 1 is 1.09 bits per heavy atom. The molecule has 2 saturated carbocycles. The molecule has 0 spiro atoms. The van der Waals surface area contributed by atoms with Crippen molar-refractivity contribution in [3.8, 4) is 11.5 Å². The first-order valence-corrected chi connectivity index (χ1v) is 9.19. The number of fused-ring (bicyclic) bond motifs is 3. The summed E-state index contributed by atoms with van der Waals surface area (Å²) in [4.78, 5) is 0. The number of aryl methyl sites for hydroxylation is 1. The molecule has 2 fully saturated rings. The molecular formula is C21H30O2. The van der Waals surface area contributed by atoms with Crippen LogP contribution >= 0.6 is 0 Å². The molecule has 1 aliphatic heterocycles. The monoisotopic (exact) mass is 314 g/mol. The van der Waals surface area contributed by atoms with Crippen LogP contribution in [0.5, 0.6) is 11.5 Å². The average molecular weight is 314 g/mol. The number of hydrogen-bond acceptors (Lipinski definition) is 2. The lowest BCUT2D eigenvalue weighted by atomic mass is 9.65. The molecule has 0 aromatic heterocycles. The van der Waals surface area contributed by atoms with Crippen LogP contribution in [-0.4, -0.2) is 10.7 Å². The van der Waals surface area contributed by atoms with Gasteiger partial charge in [0.15, 0.2) is 0 Å². The normalized spacial score (nSPS) is 36.6. The van der Waals surface area contributed by atoms with Gasteiger partial charge in [0, 0.05) is 5.56 Å². The quantitative estimate of drug-likeness (QED) is 0.749. The average Bonchev–Trinajstić information content (AvgIpc) is 2.79. The Morgan fingerprint density at radius 2 is 1.83 bits per heavy atom. The summed E-state index contributed by atoms with van der Waals surface area (Å²) >= 11 is 0. The highest BCUT2D eigenvalue weighted by atomic mass is 16.5. The van der Waals surface area contributed by atoms with Gasteiger partial charge in [-0.1, -0.05) is 20.8 Å². The third-order valence-corrected chi connectivity index (χ3v) is 7.76. The van der Waals surface area contributed by atoms with Crippen molar-refractivity contribution in [1.82, 2.24) is 0 Å². The molecule has 2 aliphatic carbocycles. The van der Waals surface area contributed by atoms with E-state index in [9.17, 15) is 5.11 Å². The van der Waals surface area contributed by atoms with Crippen LogP contribution in [0.15, 0.2) is 12.1 Å². The Kier molecular flexibility index (Phi) is 2.98. The van der Waals surface area contributed by atoms with Crippen LogP contribution in [0, 0.1) is 16.7 Å². The molecule has 0 radical (unpaired) electrons. The van der Waals surface area contributed by atoms with Crippen LogP contribution in [0.4, 0.5) is 0 Å². The first-order chi connectivity index (χ1) is 10.6. The van der Waals surface area contributed by atoms with Crippen LogP contribution in [0.1, 0.15) is 77.3 Å². The fourth-order valence-corrected chi connectivity index (χ4v) is 5.66. The van der Waals surface area contributed by atoms with E-state index in [0.717, 1.165) is 35.6 Å². The zero-order valence-corrected chi connectivity index (χ0v) is 15.2. The van der Waals surface area contributed by atoms with E-state index in [1.54, 1.807) is 0 Å². The number of aromatic hydroxyl groups is 1. The van der Waals surface area contributed by atoms with Crippen molar-refractivity contribution in [3.05, 3.63) is 23.3 Å². The molecule has 3 atom stereocenters. The van der Waals surface area contributed by atoms with Crippen LogP contribution in [0.25, 0.3) is 0 Å². The Hall–Kier alpha value is -1.18. The molecule has 3 aliphatic rings. The third-order valence-electron chi connectivity index (χ3n) is 7.76. The minimum absolute atomic E-state index is 0.0981. The maximum absolute atomic E-state index is 10.7. The molecule has 4 rings (SSSR count). The van der Waals surface area contributed by atoms with Gasteiger partial charge in [-0.3, -0.25) is 0 Å². The highest BCUT2D eigenvalue weighted by Crippen LogP contribution is 2.71. The Bertz CT molecular complexity index is 658. The Morgan fingerprint density at radius 3 is 2.43 bits per heavy atom. The fraction of sp³-hybridized carbons (Fsp3) is 0.714. The van der Waals surface area contributed by atoms with Crippen molar-refractivity contribution in [2.75, 3.05) is 0 Å². The molecule has 3 unspecified atom stereocenters. The van der Waals surface area contributed by atoms with E-state index in [-0.39, 0.29) is 11.0 Å². The second-order valence-electron chi connectivity index (χ2n) is 9.54. The number of phenols is 1. The number of benzene rings is 1. The van der Waals surface area contributed by atoms with Crippen molar-refractivity contribution in [1.29, 1.82) is 0 Å². The minimum Gasteiger partial charge on any atom is -0.508 e. The number of hydrogen-bond donors (Lipinski definition) is 1. The first-order valence-electron chi connectivity index (χ1n) is 9.19. The minimum atomic E-state index is -0.0981. The fourth-order valence-electron chi connectivity index (χ4n) is 5.66. The maximum Gasteiger partial charge on any atom is 0.123 e. The molecule has 1 aromatic rings. The number of rotatable bonds is 1. The summed E-state index contributed by atoms with van der Waals surface area (Å²) in [5.41, 5.74) is 2.84. The van der Waals surface area contributed by atoms with Gasteiger partial charge < -0.3 is 9.84 Å². The molecule has 126 valence electrons. The van der Waals surface area contributed by atoms with E-state index < -0.39 is 0 Å². The molecule has 2 heteroatoms. The van der Waals surface area contributed by atoms with E-state index in [1.807, 2.05) is 6.07 Å². The van der Waals surface area contributed by atoms with Gasteiger partial charge in [-0.05, 0) is 86.3 Å². The Labute approximate surface area is 140 Å². The summed E-state index contributed by atoms with van der Waals surface area (Å²) in [7, 11) is 0. The largest absolute Gasteiger partial charge is 0.508 e. The van der Waals surface area contributed by atoms with E-state index in [2.05, 4.69) is 40.7 Å². The summed E-state index contributed by atoms with van der Waals surface area (Å²) in [5, 5.41) is 10.7. The van der Waals surface area contributed by atoms with Gasteiger partial charge in [0.05, 0.1) is 0 Å². The van der Waals surface area contributed by atoms with Gasteiger partial charge in [0.25, 0.3) is 0 Å². The topological polar surface area (TPSA) is 29.5 Å². The van der Waals surface area contributed by atoms with E-state index in [0.29, 0.717) is 17.1 Å². The standard InChI is InChI=1S/C21H30O2/c1-19(2)8-6-13-10-17(22)15(12-18(13)23-19)16-11-14-7-9-21(16,5)20(14,3)4/h10,12,14,16,22H,6-9,11H2,1-5H3. The molecule has 1 N–H and O–H groups in total. The summed E-state index contributed by atoms with van der Waals surface area (Å²) < 4.78 is 6.23. The van der Waals surface area contributed by atoms with Gasteiger partial charge in [0.1, 0.15) is 17.1 Å². The summed E-state index contributed by atoms with van der Waals surface area (Å²) in [6.07, 6.45) is 5.83. The van der Waals surface area contributed by atoms with Crippen LogP contribution in [0.3, 0.4) is 0 Å². The number of ether oxygens (including phenoxy) is 1. The lowest BCUT2D eigenvalue weighted by Gasteiger charge is -2.40. The van der Waals surface area contributed by atoms with Crippen LogP contribution < -0.4 is 4.74 Å². The second kappa shape index (κ2) is 4.46. The highest BCUT2D eigenvalue weighted by Gasteiger charge is 2.61. The van der Waals surface area contributed by atoms with Crippen molar-refractivity contribution in [2.45, 2.75) is 78.2 Å². The molecular weight excluding hydrogens is 284 g/mol. The van der Waals surface area contributed by atoms with Crippen LogP contribution in [-0.2, 0) is 6.42 Å². The van der Waals surface area contributed by atoms with Gasteiger partial charge >= 0.3 is 0 Å². The SMILES string of the molecule is CC1(C)CCc2cc(O)c(C3CC4CCC3(C)C4(C)C)cc2O1. The van der Waals surface area contributed by atoms with Crippen molar-refractivity contribution < 1.29 is 9.84 Å². The van der Waals surface area contributed by atoms with Crippen molar-refractivity contribution in [2.24, 2.45) is 16.7 Å². The molecule has 0 amide bonds. The third kappa shape index (κ3) is 1.99. The predicted octanol–water partition coefficient (Wildman–Crippen LogP) is 5.43. The van der Waals surface area contributed by atoms with Gasteiger partial charge in [-0.25, -0.2) is 0 Å². The molecule has 0 saturated heterocycles. The molecule has 1 heterocycles. The highest BCUT2D eigenvalue weighted by molar-refractivity contribution is 5.50. The van der Waals surface area contributed by atoms with E-state index in [1.165, 1.54) is 19.3 Å². The zero-order chi connectivity index (χ0) is 16.6. The maximum atomic E-state index is 10.7. The van der Waals surface area contributed by atoms with Gasteiger partial charge in [0.2, 0.25) is 0 Å². The lowest BCUT2D eigenvalue weighted by Crippen LogP contribution is -2.33. The van der Waals surface area contributed by atoms with E-state index in [4.69, 9.17) is 4.74 Å². The summed E-state index contributed by atoms with van der Waals surface area (Å²) in [5.74, 6) is 2.72. The number of phenolic OH excluding ortho intramolecular Hbond substituents is 1. The summed E-state index contributed by atoms with van der Waals surface area (Å²) in [6.45, 7) is 11.6. The van der Waals surface area contributed by atoms with Gasteiger partial charge in [-0.15, -0.1) is 0 Å². The molecule has 23 heavy (non-hydrogen) atoms.